The Kier molecular flexibility index (Phi) is 1.92. The SMILES string of the molecule is C1CC2CC3CC2CC(C2=NCCN2)(C1)C3. The highest BCUT2D eigenvalue weighted by Gasteiger charge is 2.52. The summed E-state index contributed by atoms with van der Waals surface area (Å²) in [4.78, 5) is 4.77. The van der Waals surface area contributed by atoms with Crippen molar-refractivity contribution in [3.63, 3.8) is 0 Å². The first-order valence-electron chi connectivity index (χ1n) is 7.15. The predicted molar refractivity (Wildman–Crippen MR) is 65.5 cm³/mol. The molecule has 0 aromatic carbocycles. The second-order valence-corrected chi connectivity index (χ2v) is 6.60. The van der Waals surface area contributed by atoms with Crippen LogP contribution in [0.1, 0.15) is 44.9 Å². The molecule has 0 saturated heterocycles. The van der Waals surface area contributed by atoms with Crippen molar-refractivity contribution in [1.82, 2.24) is 5.32 Å². The van der Waals surface area contributed by atoms with Crippen molar-refractivity contribution in [3.8, 4) is 0 Å². The van der Waals surface area contributed by atoms with Gasteiger partial charge in [0.15, 0.2) is 0 Å². The summed E-state index contributed by atoms with van der Waals surface area (Å²) in [6.07, 6.45) is 10.4. The molecule has 0 aromatic rings. The average molecular weight is 218 g/mol. The van der Waals surface area contributed by atoms with E-state index in [1.165, 1.54) is 37.9 Å². The Morgan fingerprint density at radius 2 is 2.12 bits per heavy atom. The third-order valence-electron chi connectivity index (χ3n) is 5.68. The first kappa shape index (κ1) is 9.49. The Balaban J connectivity index is 1.71. The lowest BCUT2D eigenvalue weighted by Crippen LogP contribution is -2.42. The predicted octanol–water partition coefficient (Wildman–Crippen LogP) is 2.59. The minimum atomic E-state index is 0.495. The summed E-state index contributed by atoms with van der Waals surface area (Å²) in [5, 5.41) is 3.59. The lowest BCUT2D eigenvalue weighted by Gasteiger charge is -2.40. The first-order valence-corrected chi connectivity index (χ1v) is 7.15. The summed E-state index contributed by atoms with van der Waals surface area (Å²) < 4.78 is 0. The van der Waals surface area contributed by atoms with E-state index in [0.717, 1.165) is 30.8 Å². The number of amidine groups is 1. The van der Waals surface area contributed by atoms with E-state index in [2.05, 4.69) is 5.32 Å². The monoisotopic (exact) mass is 218 g/mol. The van der Waals surface area contributed by atoms with Crippen LogP contribution in [0, 0.1) is 23.2 Å². The van der Waals surface area contributed by atoms with Crippen LogP contribution in [0.25, 0.3) is 0 Å². The van der Waals surface area contributed by atoms with Gasteiger partial charge < -0.3 is 5.32 Å². The molecule has 0 aromatic heterocycles. The number of fused-ring (bicyclic) bond motifs is 2. The minimum Gasteiger partial charge on any atom is -0.372 e. The summed E-state index contributed by atoms with van der Waals surface area (Å²) in [6.45, 7) is 2.12. The van der Waals surface area contributed by atoms with Crippen molar-refractivity contribution in [1.29, 1.82) is 0 Å². The van der Waals surface area contributed by atoms with Crippen molar-refractivity contribution in [2.45, 2.75) is 44.9 Å². The van der Waals surface area contributed by atoms with Gasteiger partial charge in [0.1, 0.15) is 5.84 Å². The molecule has 4 rings (SSSR count). The maximum Gasteiger partial charge on any atom is 0.103 e. The van der Waals surface area contributed by atoms with Gasteiger partial charge >= 0.3 is 0 Å². The molecule has 0 amide bonds. The molecule has 16 heavy (non-hydrogen) atoms. The van der Waals surface area contributed by atoms with Crippen LogP contribution < -0.4 is 5.32 Å². The molecule has 1 N–H and O–H groups in total. The Morgan fingerprint density at radius 1 is 1.19 bits per heavy atom. The van der Waals surface area contributed by atoms with Crippen LogP contribution in [-0.2, 0) is 0 Å². The van der Waals surface area contributed by atoms with Crippen LogP contribution in [0.4, 0.5) is 0 Å². The Labute approximate surface area is 97.9 Å². The molecule has 0 spiro atoms. The number of rotatable bonds is 1. The summed E-state index contributed by atoms with van der Waals surface area (Å²) in [7, 11) is 0. The molecule has 2 heteroatoms. The summed E-state index contributed by atoms with van der Waals surface area (Å²) in [5.41, 5.74) is 0.495. The lowest BCUT2D eigenvalue weighted by atomic mass is 9.66. The van der Waals surface area contributed by atoms with Crippen molar-refractivity contribution < 1.29 is 0 Å². The summed E-state index contributed by atoms with van der Waals surface area (Å²) in [5.74, 6) is 4.57. The molecule has 4 unspecified atom stereocenters. The van der Waals surface area contributed by atoms with Crippen molar-refractivity contribution in [2.75, 3.05) is 13.1 Å². The van der Waals surface area contributed by atoms with Crippen LogP contribution in [0.3, 0.4) is 0 Å². The zero-order valence-electron chi connectivity index (χ0n) is 10.0. The molecule has 1 aliphatic heterocycles. The molecule has 0 radical (unpaired) electrons. The van der Waals surface area contributed by atoms with E-state index in [9.17, 15) is 0 Å². The molecule has 88 valence electrons. The fourth-order valence-corrected chi connectivity index (χ4v) is 5.22. The molecule has 3 fully saturated rings. The van der Waals surface area contributed by atoms with E-state index >= 15 is 0 Å². The van der Waals surface area contributed by atoms with Crippen LogP contribution in [-0.4, -0.2) is 18.9 Å². The van der Waals surface area contributed by atoms with E-state index < -0.39 is 0 Å². The van der Waals surface area contributed by atoms with Gasteiger partial charge in [0, 0.05) is 12.0 Å². The average Bonchev–Trinajstić information content (AvgIpc) is 2.85. The van der Waals surface area contributed by atoms with E-state index in [0.29, 0.717) is 5.41 Å². The molecule has 2 nitrogen and oxygen atoms in total. The third-order valence-corrected chi connectivity index (χ3v) is 5.68. The molecule has 3 bridgehead atoms. The Morgan fingerprint density at radius 3 is 3.00 bits per heavy atom. The van der Waals surface area contributed by atoms with Gasteiger partial charge in [-0.2, -0.15) is 0 Å². The molecule has 4 atom stereocenters. The molecule has 4 aliphatic rings. The van der Waals surface area contributed by atoms with E-state index in [1.807, 2.05) is 0 Å². The molecular weight excluding hydrogens is 196 g/mol. The van der Waals surface area contributed by atoms with Crippen molar-refractivity contribution in [3.05, 3.63) is 0 Å². The fourth-order valence-electron chi connectivity index (χ4n) is 5.22. The molecular formula is C14H22N2. The lowest BCUT2D eigenvalue weighted by molar-refractivity contribution is 0.194. The summed E-state index contributed by atoms with van der Waals surface area (Å²) >= 11 is 0. The highest BCUT2D eigenvalue weighted by molar-refractivity contribution is 5.89. The number of nitrogens with one attached hydrogen (secondary N) is 1. The fraction of sp³-hybridized carbons (Fsp3) is 0.929. The van der Waals surface area contributed by atoms with Gasteiger partial charge in [0.2, 0.25) is 0 Å². The summed E-state index contributed by atoms with van der Waals surface area (Å²) in [6, 6.07) is 0. The van der Waals surface area contributed by atoms with Gasteiger partial charge in [-0.15, -0.1) is 0 Å². The van der Waals surface area contributed by atoms with E-state index in [4.69, 9.17) is 4.99 Å². The topological polar surface area (TPSA) is 24.4 Å². The second-order valence-electron chi connectivity index (χ2n) is 6.60. The van der Waals surface area contributed by atoms with E-state index in [1.54, 1.807) is 12.8 Å². The van der Waals surface area contributed by atoms with Gasteiger partial charge in [-0.1, -0.05) is 12.8 Å². The van der Waals surface area contributed by atoms with Gasteiger partial charge in [-0.3, -0.25) is 4.99 Å². The highest BCUT2D eigenvalue weighted by atomic mass is 15.1. The maximum atomic E-state index is 4.77. The molecule has 3 aliphatic carbocycles. The van der Waals surface area contributed by atoms with E-state index in [-0.39, 0.29) is 0 Å². The smallest absolute Gasteiger partial charge is 0.103 e. The quantitative estimate of drug-likeness (QED) is 0.719. The molecule has 1 heterocycles. The number of hydrogen-bond acceptors (Lipinski definition) is 2. The standard InChI is InChI=1S/C14H22N2/c1-2-11-6-10-7-12(11)9-14(3-1,8-10)13-15-4-5-16-13/h10-12H,1-9H2,(H,15,16). The molecule has 3 saturated carbocycles. The van der Waals surface area contributed by atoms with Gasteiger partial charge in [0.05, 0.1) is 6.54 Å². The third kappa shape index (κ3) is 1.22. The Hall–Kier alpha value is -0.530. The number of nitrogens with zero attached hydrogens (tertiary/aromatic N) is 1. The zero-order valence-corrected chi connectivity index (χ0v) is 10.0. The second kappa shape index (κ2) is 3.24. The largest absolute Gasteiger partial charge is 0.372 e. The number of hydrogen-bond donors (Lipinski definition) is 1. The van der Waals surface area contributed by atoms with Crippen LogP contribution in [0.15, 0.2) is 4.99 Å². The van der Waals surface area contributed by atoms with Gasteiger partial charge in [-0.25, -0.2) is 0 Å². The van der Waals surface area contributed by atoms with Crippen LogP contribution in [0.2, 0.25) is 0 Å². The Bertz CT molecular complexity index is 336. The highest BCUT2D eigenvalue weighted by Crippen LogP contribution is 2.59. The first-order chi connectivity index (χ1) is 7.86. The van der Waals surface area contributed by atoms with Gasteiger partial charge in [0.25, 0.3) is 0 Å². The van der Waals surface area contributed by atoms with Crippen molar-refractivity contribution >= 4 is 5.84 Å². The maximum absolute atomic E-state index is 4.77. The van der Waals surface area contributed by atoms with Crippen molar-refractivity contribution in [2.24, 2.45) is 28.2 Å². The number of aliphatic imine (C=N–C) groups is 1. The van der Waals surface area contributed by atoms with Gasteiger partial charge in [-0.05, 0) is 49.9 Å². The van der Waals surface area contributed by atoms with Crippen LogP contribution in [0.5, 0.6) is 0 Å². The zero-order chi connectivity index (χ0) is 10.6. The normalized spacial score (nSPS) is 50.0. The van der Waals surface area contributed by atoms with Crippen LogP contribution >= 0.6 is 0 Å². The minimum absolute atomic E-state index is 0.495.